The van der Waals surface area contributed by atoms with E-state index in [0.717, 1.165) is 43.2 Å². The quantitative estimate of drug-likeness (QED) is 0.371. The van der Waals surface area contributed by atoms with Crippen molar-refractivity contribution in [2.24, 2.45) is 17.8 Å². The Bertz CT molecular complexity index is 958. The van der Waals surface area contributed by atoms with Gasteiger partial charge in [0.1, 0.15) is 0 Å². The fourth-order valence-corrected chi connectivity index (χ4v) is 5.21. The van der Waals surface area contributed by atoms with Crippen molar-refractivity contribution in [1.29, 1.82) is 0 Å². The molecule has 1 amide bonds. The number of allylic oxidation sites excluding steroid dienone is 2. The first-order valence-corrected chi connectivity index (χ1v) is 12.0. The minimum atomic E-state index is -0.643. The molecule has 1 fully saturated rings. The van der Waals surface area contributed by atoms with Crippen molar-refractivity contribution < 1.29 is 15.0 Å². The molecule has 5 atom stereocenters. The van der Waals surface area contributed by atoms with Crippen molar-refractivity contribution in [1.82, 2.24) is 10.3 Å². The smallest absolute Gasteiger partial charge is 0.220 e. The summed E-state index contributed by atoms with van der Waals surface area (Å²) in [5, 5.41) is 24.0. The molecule has 2 aliphatic carbocycles. The van der Waals surface area contributed by atoms with E-state index in [2.05, 4.69) is 16.4 Å². The number of aliphatic hydroxyl groups is 2. The number of aliphatic hydroxyl groups excluding tert-OH is 2. The predicted octanol–water partition coefficient (Wildman–Crippen LogP) is 4.49. The molecule has 2 aromatic rings. The first kappa shape index (κ1) is 23.4. The second-order valence-corrected chi connectivity index (χ2v) is 9.32. The van der Waals surface area contributed by atoms with Crippen LogP contribution in [-0.4, -0.2) is 27.2 Å². The molecule has 1 aromatic heterocycles. The van der Waals surface area contributed by atoms with Crippen LogP contribution in [0.3, 0.4) is 0 Å². The number of nitrogens with zero attached hydrogens (tertiary/aromatic N) is 1. The summed E-state index contributed by atoms with van der Waals surface area (Å²) >= 11 is 0. The number of carbonyl (C=O) groups is 1. The molecule has 0 spiro atoms. The van der Waals surface area contributed by atoms with Crippen LogP contribution in [0.15, 0.2) is 78.7 Å². The molecule has 4 rings (SSSR count). The lowest BCUT2D eigenvalue weighted by Gasteiger charge is -2.19. The van der Waals surface area contributed by atoms with E-state index in [1.54, 1.807) is 12.4 Å². The van der Waals surface area contributed by atoms with E-state index >= 15 is 0 Å². The number of hydrogen-bond donors (Lipinski definition) is 3. The summed E-state index contributed by atoms with van der Waals surface area (Å²) in [5.41, 5.74) is 3.38. The molecule has 3 N–H and O–H groups in total. The average molecular weight is 447 g/mol. The number of aromatic nitrogens is 1. The number of carbonyl (C=O) groups excluding carboxylic acids is 1. The Kier molecular flexibility index (Phi) is 8.08. The maximum Gasteiger partial charge on any atom is 0.220 e. The van der Waals surface area contributed by atoms with E-state index in [0.29, 0.717) is 24.8 Å². The lowest BCUT2D eigenvalue weighted by atomic mass is 9.88. The van der Waals surface area contributed by atoms with Crippen molar-refractivity contribution in [3.63, 3.8) is 0 Å². The molecule has 1 saturated carbocycles. The standard InChI is InChI=1S/C28H34N2O3/c31-26(22-7-2-1-3-8-22)11-10-24-25-17-21(16-23(25)18-27(24)32)6-4-5-9-28(33)30-19-20-12-14-29-15-13-20/h1-3,7-8,10-16,23-27,31-32H,4-6,9,17-19H2,(H,30,33)/t23-,24+,25-,26+,27+/m0/s1. The highest BCUT2D eigenvalue weighted by atomic mass is 16.3. The Hall–Kier alpha value is -2.76. The number of amides is 1. The Morgan fingerprint density at radius 1 is 1.15 bits per heavy atom. The molecule has 1 heterocycles. The maximum atomic E-state index is 12.1. The fraction of sp³-hybridized carbons (Fsp3) is 0.429. The third-order valence-electron chi connectivity index (χ3n) is 7.00. The number of nitrogens with one attached hydrogen (secondary N) is 1. The summed E-state index contributed by atoms with van der Waals surface area (Å²) < 4.78 is 0. The van der Waals surface area contributed by atoms with Gasteiger partial charge in [-0.2, -0.15) is 0 Å². The van der Waals surface area contributed by atoms with Gasteiger partial charge in [0.25, 0.3) is 0 Å². The molecule has 0 aliphatic heterocycles. The average Bonchev–Trinajstić information content (AvgIpc) is 3.36. The Balaban J connectivity index is 1.18. The maximum absolute atomic E-state index is 12.1. The molecule has 0 bridgehead atoms. The van der Waals surface area contributed by atoms with Gasteiger partial charge in [0.05, 0.1) is 12.2 Å². The summed E-state index contributed by atoms with van der Waals surface area (Å²) in [6, 6.07) is 13.4. The normalized spacial score (nSPS) is 25.1. The zero-order chi connectivity index (χ0) is 23.0. The van der Waals surface area contributed by atoms with Crippen LogP contribution in [0.25, 0.3) is 0 Å². The molecule has 5 nitrogen and oxygen atoms in total. The van der Waals surface area contributed by atoms with Gasteiger partial charge in [-0.15, -0.1) is 0 Å². The number of fused-ring (bicyclic) bond motifs is 1. The molecule has 0 radical (unpaired) electrons. The van der Waals surface area contributed by atoms with E-state index in [-0.39, 0.29) is 17.9 Å². The van der Waals surface area contributed by atoms with E-state index in [4.69, 9.17) is 0 Å². The van der Waals surface area contributed by atoms with Crippen molar-refractivity contribution in [2.45, 2.75) is 57.3 Å². The predicted molar refractivity (Wildman–Crippen MR) is 129 cm³/mol. The van der Waals surface area contributed by atoms with Crippen LogP contribution in [-0.2, 0) is 11.3 Å². The van der Waals surface area contributed by atoms with Crippen molar-refractivity contribution >= 4 is 5.91 Å². The molecule has 33 heavy (non-hydrogen) atoms. The van der Waals surface area contributed by atoms with Gasteiger partial charge in [-0.25, -0.2) is 0 Å². The summed E-state index contributed by atoms with van der Waals surface area (Å²) in [6.07, 6.45) is 13.9. The number of rotatable bonds is 10. The second kappa shape index (κ2) is 11.4. The zero-order valence-corrected chi connectivity index (χ0v) is 19.0. The Morgan fingerprint density at radius 2 is 1.94 bits per heavy atom. The third-order valence-corrected chi connectivity index (χ3v) is 7.00. The molecule has 2 aliphatic rings. The van der Waals surface area contributed by atoms with Crippen molar-refractivity contribution in [3.8, 4) is 0 Å². The molecule has 1 aromatic carbocycles. The first-order valence-electron chi connectivity index (χ1n) is 12.0. The van der Waals surface area contributed by atoms with Gasteiger partial charge in [-0.1, -0.05) is 54.1 Å². The number of unbranched alkanes of at least 4 members (excludes halogenated alkanes) is 1. The summed E-state index contributed by atoms with van der Waals surface area (Å²) in [6.45, 7) is 0.548. The Morgan fingerprint density at radius 3 is 2.73 bits per heavy atom. The van der Waals surface area contributed by atoms with Gasteiger partial charge in [0, 0.05) is 31.3 Å². The molecular formula is C28H34N2O3. The van der Waals surface area contributed by atoms with Gasteiger partial charge < -0.3 is 15.5 Å². The highest BCUT2D eigenvalue weighted by Gasteiger charge is 2.43. The molecule has 174 valence electrons. The van der Waals surface area contributed by atoms with Gasteiger partial charge in [0.2, 0.25) is 5.91 Å². The van der Waals surface area contributed by atoms with Crippen LogP contribution < -0.4 is 5.32 Å². The van der Waals surface area contributed by atoms with Crippen molar-refractivity contribution in [2.75, 3.05) is 0 Å². The first-order chi connectivity index (χ1) is 16.1. The fourth-order valence-electron chi connectivity index (χ4n) is 5.21. The van der Waals surface area contributed by atoms with E-state index in [9.17, 15) is 15.0 Å². The van der Waals surface area contributed by atoms with E-state index in [1.807, 2.05) is 54.6 Å². The molecule has 0 unspecified atom stereocenters. The molecule has 5 heteroatoms. The van der Waals surface area contributed by atoms with Gasteiger partial charge >= 0.3 is 0 Å². The summed E-state index contributed by atoms with van der Waals surface area (Å²) in [4.78, 5) is 16.1. The molecular weight excluding hydrogens is 412 g/mol. The Labute approximate surface area is 196 Å². The minimum Gasteiger partial charge on any atom is -0.392 e. The summed E-state index contributed by atoms with van der Waals surface area (Å²) in [5.74, 6) is 1.01. The van der Waals surface area contributed by atoms with E-state index < -0.39 is 6.10 Å². The zero-order valence-electron chi connectivity index (χ0n) is 19.0. The number of pyridine rings is 1. The van der Waals surface area contributed by atoms with Crippen LogP contribution in [0.4, 0.5) is 0 Å². The highest BCUT2D eigenvalue weighted by Crippen LogP contribution is 2.48. The highest BCUT2D eigenvalue weighted by molar-refractivity contribution is 5.75. The number of benzene rings is 1. The van der Waals surface area contributed by atoms with Crippen LogP contribution in [0.2, 0.25) is 0 Å². The van der Waals surface area contributed by atoms with Crippen LogP contribution in [0, 0.1) is 17.8 Å². The van der Waals surface area contributed by atoms with Gasteiger partial charge in [-0.3, -0.25) is 9.78 Å². The monoisotopic (exact) mass is 446 g/mol. The lowest BCUT2D eigenvalue weighted by molar-refractivity contribution is -0.121. The van der Waals surface area contributed by atoms with Gasteiger partial charge in [0.15, 0.2) is 0 Å². The van der Waals surface area contributed by atoms with Crippen LogP contribution in [0.5, 0.6) is 0 Å². The largest absolute Gasteiger partial charge is 0.392 e. The lowest BCUT2D eigenvalue weighted by Crippen LogP contribution is -2.22. The number of hydrogen-bond acceptors (Lipinski definition) is 4. The summed E-state index contributed by atoms with van der Waals surface area (Å²) in [7, 11) is 0. The van der Waals surface area contributed by atoms with Gasteiger partial charge in [-0.05, 0) is 67.2 Å². The minimum absolute atomic E-state index is 0.0843. The van der Waals surface area contributed by atoms with Crippen LogP contribution in [0.1, 0.15) is 55.8 Å². The van der Waals surface area contributed by atoms with Crippen LogP contribution >= 0.6 is 0 Å². The SMILES string of the molecule is O=C(CCCCC1=C[C@H]2C[C@@H](O)[C@H](C=C[C@@H](O)c3ccccc3)[C@H]2C1)NCc1ccncc1. The molecule has 0 saturated heterocycles. The second-order valence-electron chi connectivity index (χ2n) is 9.32. The van der Waals surface area contributed by atoms with E-state index in [1.165, 1.54) is 5.57 Å². The topological polar surface area (TPSA) is 82.5 Å². The van der Waals surface area contributed by atoms with Crippen molar-refractivity contribution in [3.05, 3.63) is 89.8 Å². The third kappa shape index (κ3) is 6.40.